The van der Waals surface area contributed by atoms with E-state index in [1.807, 2.05) is 12.2 Å². The average molecular weight is 1110 g/mol. The van der Waals surface area contributed by atoms with Gasteiger partial charge in [-0.2, -0.15) is 0 Å². The minimum Gasteiger partial charge on any atom is -0.462 e. The van der Waals surface area contributed by atoms with E-state index in [0.29, 0.717) is 19.3 Å². The number of aliphatic hydroxyl groups is 1. The summed E-state index contributed by atoms with van der Waals surface area (Å²) < 4.78 is 39.5. The van der Waals surface area contributed by atoms with Crippen molar-refractivity contribution in [3.8, 4) is 0 Å². The Labute approximate surface area is 475 Å². The van der Waals surface area contributed by atoms with E-state index < -0.39 is 57.8 Å². The van der Waals surface area contributed by atoms with Gasteiger partial charge in [0.15, 0.2) is 6.10 Å². The van der Waals surface area contributed by atoms with E-state index in [4.69, 9.17) is 23.3 Å². The summed E-state index contributed by atoms with van der Waals surface area (Å²) in [6.07, 6.45) is 72.0. The Morgan fingerprint density at radius 2 is 0.692 bits per heavy atom. The molecule has 0 aliphatic heterocycles. The number of phosphoric acid groups is 1. The van der Waals surface area contributed by atoms with Gasteiger partial charge in [0.05, 0.1) is 19.8 Å². The van der Waals surface area contributed by atoms with E-state index >= 15 is 0 Å². The van der Waals surface area contributed by atoms with Crippen LogP contribution >= 0.6 is 7.82 Å². The van der Waals surface area contributed by atoms with Crippen molar-refractivity contribution >= 4 is 25.7 Å². The zero-order chi connectivity index (χ0) is 56.9. The molecule has 0 saturated carbocycles. The molecule has 2 N–H and O–H groups in total. The molecule has 0 spiro atoms. The summed E-state index contributed by atoms with van der Waals surface area (Å²) in [5.74, 6) is -1.59. The largest absolute Gasteiger partial charge is 0.472 e. The number of carbonyl (C=O) groups is 3. The van der Waals surface area contributed by atoms with Crippen LogP contribution in [-0.4, -0.2) is 66.5 Å². The van der Waals surface area contributed by atoms with Crippen LogP contribution in [0, 0.1) is 0 Å². The van der Waals surface area contributed by atoms with Crippen LogP contribution in [0.15, 0.2) is 109 Å². The van der Waals surface area contributed by atoms with Gasteiger partial charge < -0.3 is 24.2 Å². The number of unbranched alkanes of at least 4 members (excludes halogenated alkanes) is 21. The lowest BCUT2D eigenvalue weighted by molar-refractivity contribution is -0.161. The zero-order valence-corrected chi connectivity index (χ0v) is 50.2. The topological polar surface area (TPSA) is 155 Å². The Morgan fingerprint density at radius 3 is 1.12 bits per heavy atom. The van der Waals surface area contributed by atoms with E-state index in [1.165, 1.54) is 77.0 Å². The van der Waals surface area contributed by atoms with Crippen LogP contribution in [0.25, 0.3) is 0 Å². The van der Waals surface area contributed by atoms with Gasteiger partial charge in [-0.05, 0) is 116 Å². The van der Waals surface area contributed by atoms with Crippen LogP contribution in [0.3, 0.4) is 0 Å². The number of esters is 3. The Kier molecular flexibility index (Phi) is 56.3. The van der Waals surface area contributed by atoms with E-state index in [-0.39, 0.29) is 25.9 Å². The van der Waals surface area contributed by atoms with E-state index in [9.17, 15) is 28.9 Å². The number of rotatable bonds is 56. The molecule has 0 heterocycles. The van der Waals surface area contributed by atoms with Crippen molar-refractivity contribution in [2.75, 3.05) is 26.4 Å². The number of carbonyl (C=O) groups excluding carboxylic acids is 3. The van der Waals surface area contributed by atoms with E-state index in [0.717, 1.165) is 116 Å². The Bertz CT molecular complexity index is 1720. The number of hydrogen-bond donors (Lipinski definition) is 2. The SMILES string of the molecule is CC/C=C\C/C=C\C/C=C\C/C=C\C/C=C\C/C=C\CCC(=O)OCC(COP(=O)(O)OCC(CO)OC(=O)CCCCCCC/C=C\C/C=C\CCCCC)OC(=O)CCCCCCCCC/C=C\CCCCCCCC. The lowest BCUT2D eigenvalue weighted by atomic mass is 10.1. The molecule has 0 aliphatic carbocycles. The highest BCUT2D eigenvalue weighted by atomic mass is 31.2. The minimum atomic E-state index is -4.78. The third kappa shape index (κ3) is 56.8. The van der Waals surface area contributed by atoms with Crippen LogP contribution in [0.4, 0.5) is 0 Å². The highest BCUT2D eigenvalue weighted by Crippen LogP contribution is 2.43. The quantitative estimate of drug-likeness (QED) is 0.0197. The van der Waals surface area contributed by atoms with Gasteiger partial charge in [-0.3, -0.25) is 23.4 Å². The first-order valence-corrected chi connectivity index (χ1v) is 32.3. The first-order chi connectivity index (χ1) is 38.2. The molecule has 3 atom stereocenters. The summed E-state index contributed by atoms with van der Waals surface area (Å²) in [6.45, 7) is 4.41. The number of ether oxygens (including phenoxy) is 3. The smallest absolute Gasteiger partial charge is 0.462 e. The van der Waals surface area contributed by atoms with E-state index in [2.05, 4.69) is 118 Å². The first kappa shape index (κ1) is 74.1. The molecule has 0 fully saturated rings. The van der Waals surface area contributed by atoms with Crippen molar-refractivity contribution in [1.29, 1.82) is 0 Å². The number of hydrogen-bond acceptors (Lipinski definition) is 10. The molecule has 446 valence electrons. The van der Waals surface area contributed by atoms with Crippen molar-refractivity contribution in [3.05, 3.63) is 109 Å². The molecule has 0 aromatic rings. The summed E-state index contributed by atoms with van der Waals surface area (Å²) >= 11 is 0. The molecule has 0 radical (unpaired) electrons. The second-order valence-corrected chi connectivity index (χ2v) is 21.6. The Balaban J connectivity index is 4.84. The maximum absolute atomic E-state index is 12.9. The summed E-state index contributed by atoms with van der Waals surface area (Å²) in [4.78, 5) is 48.6. The van der Waals surface area contributed by atoms with Crippen molar-refractivity contribution in [2.45, 2.75) is 264 Å². The first-order valence-electron chi connectivity index (χ1n) is 30.8. The van der Waals surface area contributed by atoms with Crippen LogP contribution in [0.1, 0.15) is 252 Å². The number of aliphatic hydroxyl groups excluding tert-OH is 1. The van der Waals surface area contributed by atoms with Gasteiger partial charge in [0, 0.05) is 19.3 Å². The van der Waals surface area contributed by atoms with Gasteiger partial charge in [-0.25, -0.2) is 4.57 Å². The fraction of sp³-hybridized carbons (Fsp3) is 0.682. The summed E-state index contributed by atoms with van der Waals surface area (Å²) in [5.41, 5.74) is 0. The molecule has 0 saturated heterocycles. The average Bonchev–Trinajstić information content (AvgIpc) is 3.43. The third-order valence-corrected chi connectivity index (χ3v) is 13.6. The van der Waals surface area contributed by atoms with Crippen molar-refractivity contribution in [2.24, 2.45) is 0 Å². The fourth-order valence-electron chi connectivity index (χ4n) is 7.99. The molecule has 78 heavy (non-hydrogen) atoms. The molecular formula is C66H111O11P. The van der Waals surface area contributed by atoms with Crippen LogP contribution < -0.4 is 0 Å². The van der Waals surface area contributed by atoms with Crippen molar-refractivity contribution in [1.82, 2.24) is 0 Å². The lowest BCUT2D eigenvalue weighted by Gasteiger charge is -2.21. The fourth-order valence-corrected chi connectivity index (χ4v) is 8.78. The molecule has 0 aromatic heterocycles. The van der Waals surface area contributed by atoms with Gasteiger partial charge in [0.2, 0.25) is 0 Å². The third-order valence-electron chi connectivity index (χ3n) is 12.7. The van der Waals surface area contributed by atoms with Crippen molar-refractivity contribution < 1.29 is 52.2 Å². The predicted octanol–water partition coefficient (Wildman–Crippen LogP) is 18.6. The number of phosphoric ester groups is 1. The Morgan fingerprint density at radius 1 is 0.372 bits per heavy atom. The molecule has 0 aromatic carbocycles. The second kappa shape index (κ2) is 59.3. The normalized spacial score (nSPS) is 14.1. The second-order valence-electron chi connectivity index (χ2n) is 20.1. The lowest BCUT2D eigenvalue weighted by Crippen LogP contribution is -2.30. The molecule has 0 aliphatic rings. The monoisotopic (exact) mass is 1110 g/mol. The summed E-state index contributed by atoms with van der Waals surface area (Å²) in [6, 6.07) is 0. The van der Waals surface area contributed by atoms with Gasteiger partial charge in [-0.1, -0.05) is 226 Å². The van der Waals surface area contributed by atoms with Crippen LogP contribution in [-0.2, 0) is 42.2 Å². The molecular weight excluding hydrogens is 1000 g/mol. The molecule has 0 bridgehead atoms. The minimum absolute atomic E-state index is 0.0953. The van der Waals surface area contributed by atoms with E-state index in [1.54, 1.807) is 0 Å². The van der Waals surface area contributed by atoms with Crippen LogP contribution in [0.2, 0.25) is 0 Å². The molecule has 12 heteroatoms. The summed E-state index contributed by atoms with van der Waals surface area (Å²) in [5, 5.41) is 9.83. The van der Waals surface area contributed by atoms with Gasteiger partial charge >= 0.3 is 25.7 Å². The zero-order valence-electron chi connectivity index (χ0n) is 49.3. The summed E-state index contributed by atoms with van der Waals surface area (Å²) in [7, 11) is -4.78. The Hall–Kier alpha value is -3.86. The van der Waals surface area contributed by atoms with Gasteiger partial charge in [-0.15, -0.1) is 0 Å². The predicted molar refractivity (Wildman–Crippen MR) is 325 cm³/mol. The molecule has 0 amide bonds. The molecule has 3 unspecified atom stereocenters. The maximum atomic E-state index is 12.9. The van der Waals surface area contributed by atoms with Crippen LogP contribution in [0.5, 0.6) is 0 Å². The standard InChI is InChI=1S/C66H111O11P/c1-4-7-10-13-16-19-22-25-28-30-31-33-35-37-40-43-46-49-52-55-64(68)73-59-63(77-66(70)57-54-51-48-45-42-39-36-32-29-26-23-20-17-14-11-8-5-2)61-75-78(71,72)74-60-62(58-67)76-65(69)56-53-50-47-44-41-38-34-27-24-21-18-15-12-9-6-3/h7,10,16,18-19,21,25-29,31,33-34,37,40,46,49,62-63,67H,4-6,8-9,11-15,17,20,22-24,30,32,35-36,38-39,41-45,47-48,50-61H2,1-3H3,(H,71,72)/b10-7-,19-16-,21-18-,28-25-,29-26-,33-31-,34-27-,40-37-,49-46-. The number of allylic oxidation sites excluding steroid dienone is 18. The highest BCUT2D eigenvalue weighted by Gasteiger charge is 2.28. The molecule has 0 rings (SSSR count). The maximum Gasteiger partial charge on any atom is 0.472 e. The van der Waals surface area contributed by atoms with Gasteiger partial charge in [0.25, 0.3) is 0 Å². The van der Waals surface area contributed by atoms with Crippen molar-refractivity contribution in [3.63, 3.8) is 0 Å². The van der Waals surface area contributed by atoms with Gasteiger partial charge in [0.1, 0.15) is 12.7 Å². The molecule has 11 nitrogen and oxygen atoms in total. The highest BCUT2D eigenvalue weighted by molar-refractivity contribution is 7.47.